The second-order valence-electron chi connectivity index (χ2n) is 7.82. The number of H-pyrrole nitrogens is 1. The van der Waals surface area contributed by atoms with Crippen LogP contribution in [-0.4, -0.2) is 46.0 Å². The van der Waals surface area contributed by atoms with Crippen LogP contribution in [0.5, 0.6) is 0 Å². The Labute approximate surface area is 192 Å². The summed E-state index contributed by atoms with van der Waals surface area (Å²) < 4.78 is 32.7. The van der Waals surface area contributed by atoms with Crippen molar-refractivity contribution >= 4 is 11.9 Å². The van der Waals surface area contributed by atoms with E-state index in [0.717, 1.165) is 12.3 Å². The quantitative estimate of drug-likeness (QED) is 0.552. The molecule has 1 aromatic heterocycles. The third kappa shape index (κ3) is 4.40. The topological polar surface area (TPSA) is 117 Å². The van der Waals surface area contributed by atoms with Crippen LogP contribution in [0.15, 0.2) is 82.5 Å². The van der Waals surface area contributed by atoms with Crippen LogP contribution in [-0.2, 0) is 14.2 Å². The fraction of sp³-hybridized carbons (Fsp3) is 0.250. The number of benzene rings is 2. The number of halogens is 1. The predicted molar refractivity (Wildman–Crippen MR) is 117 cm³/mol. The van der Waals surface area contributed by atoms with Gasteiger partial charge in [0.15, 0.2) is 18.0 Å². The molecule has 176 valence electrons. The number of nitrogens with zero attached hydrogens (tertiary/aromatic N) is 1. The molecule has 0 aliphatic carbocycles. The fourth-order valence-corrected chi connectivity index (χ4v) is 3.73. The van der Waals surface area contributed by atoms with Gasteiger partial charge in [-0.2, -0.15) is 0 Å². The number of hydrogen-bond donors (Lipinski definition) is 1. The molecule has 0 amide bonds. The summed E-state index contributed by atoms with van der Waals surface area (Å²) in [4.78, 5) is 52.2. The Morgan fingerprint density at radius 2 is 1.59 bits per heavy atom. The Hall–Kier alpha value is -4.05. The number of carbonyl (C=O) groups is 2. The molecule has 10 heteroatoms. The standard InChI is InChI=1S/C24H21FN2O7/c1-24(34-21(30)16-10-6-3-7-11-16)19(25)17(14-32-20(29)15-8-4-2-5-9-15)33-22(24)27-18(28)12-13-26-23(27)31/h2-13,17,19,22H,14H2,1H3,(H,26,31)/t17-,19-,22-,24-/m1/s1. The molecule has 4 atom stereocenters. The van der Waals surface area contributed by atoms with Crippen molar-refractivity contribution in [3.63, 3.8) is 0 Å². The van der Waals surface area contributed by atoms with Crippen molar-refractivity contribution in [3.05, 3.63) is 105 Å². The minimum Gasteiger partial charge on any atom is -0.459 e. The van der Waals surface area contributed by atoms with Crippen molar-refractivity contribution in [2.45, 2.75) is 31.0 Å². The summed E-state index contributed by atoms with van der Waals surface area (Å²) in [6.07, 6.45) is -3.94. The molecular weight excluding hydrogens is 447 g/mol. The minimum absolute atomic E-state index is 0.142. The Bertz CT molecular complexity index is 1260. The maximum Gasteiger partial charge on any atom is 0.338 e. The van der Waals surface area contributed by atoms with Crippen LogP contribution in [0.25, 0.3) is 0 Å². The van der Waals surface area contributed by atoms with Crippen LogP contribution >= 0.6 is 0 Å². The number of ether oxygens (including phenoxy) is 3. The maximum atomic E-state index is 15.7. The van der Waals surface area contributed by atoms with Crippen LogP contribution < -0.4 is 11.2 Å². The lowest BCUT2D eigenvalue weighted by atomic mass is 9.97. The van der Waals surface area contributed by atoms with Gasteiger partial charge in [0.05, 0.1) is 11.1 Å². The second kappa shape index (κ2) is 9.44. The van der Waals surface area contributed by atoms with E-state index in [4.69, 9.17) is 14.2 Å². The molecule has 0 unspecified atom stereocenters. The molecule has 34 heavy (non-hydrogen) atoms. The van der Waals surface area contributed by atoms with E-state index in [9.17, 15) is 19.2 Å². The molecule has 1 N–H and O–H groups in total. The normalized spacial score (nSPS) is 23.9. The summed E-state index contributed by atoms with van der Waals surface area (Å²) in [6, 6.07) is 17.0. The van der Waals surface area contributed by atoms with Crippen molar-refractivity contribution in [2.24, 2.45) is 0 Å². The van der Waals surface area contributed by atoms with Gasteiger partial charge in [0.1, 0.15) is 12.7 Å². The van der Waals surface area contributed by atoms with Crippen molar-refractivity contribution in [3.8, 4) is 0 Å². The summed E-state index contributed by atoms with van der Waals surface area (Å²) in [5, 5.41) is 0. The molecule has 1 fully saturated rings. The number of esters is 2. The van der Waals surface area contributed by atoms with Crippen molar-refractivity contribution in [2.75, 3.05) is 6.61 Å². The smallest absolute Gasteiger partial charge is 0.338 e. The lowest BCUT2D eigenvalue weighted by Gasteiger charge is -2.31. The van der Waals surface area contributed by atoms with Crippen LogP contribution in [0.1, 0.15) is 33.9 Å². The van der Waals surface area contributed by atoms with Crippen LogP contribution in [0.4, 0.5) is 4.39 Å². The van der Waals surface area contributed by atoms with E-state index in [-0.39, 0.29) is 11.1 Å². The number of hydrogen-bond acceptors (Lipinski definition) is 7. The number of aromatic nitrogens is 2. The number of alkyl halides is 1. The number of aromatic amines is 1. The van der Waals surface area contributed by atoms with Gasteiger partial charge >= 0.3 is 17.6 Å². The van der Waals surface area contributed by atoms with E-state index in [1.54, 1.807) is 36.4 Å². The molecule has 0 radical (unpaired) electrons. The minimum atomic E-state index is -2.09. The van der Waals surface area contributed by atoms with Gasteiger partial charge in [-0.05, 0) is 31.2 Å². The Morgan fingerprint density at radius 3 is 2.18 bits per heavy atom. The van der Waals surface area contributed by atoms with Crippen LogP contribution in [0.2, 0.25) is 0 Å². The first-order valence-electron chi connectivity index (χ1n) is 10.4. The molecule has 0 bridgehead atoms. The molecule has 9 nitrogen and oxygen atoms in total. The van der Waals surface area contributed by atoms with E-state index in [2.05, 4.69) is 4.98 Å². The number of carbonyl (C=O) groups excluding carboxylic acids is 2. The third-order valence-corrected chi connectivity index (χ3v) is 5.50. The van der Waals surface area contributed by atoms with Crippen LogP contribution in [0.3, 0.4) is 0 Å². The van der Waals surface area contributed by atoms with E-state index in [1.807, 2.05) is 0 Å². The fourth-order valence-electron chi connectivity index (χ4n) is 3.73. The molecular formula is C24H21FN2O7. The lowest BCUT2D eigenvalue weighted by Crippen LogP contribution is -2.50. The summed E-state index contributed by atoms with van der Waals surface area (Å²) in [6.45, 7) is 0.685. The van der Waals surface area contributed by atoms with Gasteiger partial charge in [0.2, 0.25) is 0 Å². The van der Waals surface area contributed by atoms with E-state index >= 15 is 4.39 Å². The molecule has 3 aromatic rings. The average molecular weight is 468 g/mol. The molecule has 0 spiro atoms. The average Bonchev–Trinajstić information content (AvgIpc) is 3.08. The Morgan fingerprint density at radius 1 is 1.00 bits per heavy atom. The highest BCUT2D eigenvalue weighted by Gasteiger charge is 2.59. The van der Waals surface area contributed by atoms with Crippen molar-refractivity contribution < 1.29 is 28.2 Å². The van der Waals surface area contributed by atoms with Gasteiger partial charge < -0.3 is 19.2 Å². The SMILES string of the molecule is C[C@@]1(OC(=O)c2ccccc2)[C@H](F)[C@@H](COC(=O)c2ccccc2)O[C@H]1n1c(=O)cc[nH]c1=O. The van der Waals surface area contributed by atoms with Crippen molar-refractivity contribution in [1.29, 1.82) is 0 Å². The third-order valence-electron chi connectivity index (χ3n) is 5.50. The monoisotopic (exact) mass is 468 g/mol. The first-order chi connectivity index (χ1) is 16.3. The molecule has 4 rings (SSSR count). The maximum absolute atomic E-state index is 15.7. The van der Waals surface area contributed by atoms with Gasteiger partial charge in [0, 0.05) is 12.3 Å². The van der Waals surface area contributed by atoms with E-state index < -0.39 is 53.9 Å². The molecule has 2 aromatic carbocycles. The zero-order chi connectivity index (χ0) is 24.3. The first kappa shape index (κ1) is 23.1. The lowest BCUT2D eigenvalue weighted by molar-refractivity contribution is -0.104. The van der Waals surface area contributed by atoms with Crippen molar-refractivity contribution in [1.82, 2.24) is 9.55 Å². The molecule has 2 heterocycles. The van der Waals surface area contributed by atoms with Gasteiger partial charge in [-0.3, -0.25) is 4.79 Å². The highest BCUT2D eigenvalue weighted by molar-refractivity contribution is 5.90. The number of nitrogens with one attached hydrogen (secondary N) is 1. The van der Waals surface area contributed by atoms with Gasteiger partial charge in [-0.15, -0.1) is 0 Å². The highest BCUT2D eigenvalue weighted by Crippen LogP contribution is 2.42. The Kier molecular flexibility index (Phi) is 6.42. The predicted octanol–water partition coefficient (Wildman–Crippen LogP) is 2.24. The van der Waals surface area contributed by atoms with Crippen LogP contribution in [0, 0.1) is 0 Å². The zero-order valence-electron chi connectivity index (χ0n) is 18.1. The Balaban J connectivity index is 1.63. The molecule has 1 aliphatic heterocycles. The van der Waals surface area contributed by atoms with Gasteiger partial charge in [-0.25, -0.2) is 23.3 Å². The second-order valence-corrected chi connectivity index (χ2v) is 7.82. The van der Waals surface area contributed by atoms with Gasteiger partial charge in [0.25, 0.3) is 5.56 Å². The summed E-state index contributed by atoms with van der Waals surface area (Å²) in [7, 11) is 0. The summed E-state index contributed by atoms with van der Waals surface area (Å²) >= 11 is 0. The highest BCUT2D eigenvalue weighted by atomic mass is 19.1. The largest absolute Gasteiger partial charge is 0.459 e. The van der Waals surface area contributed by atoms with E-state index in [0.29, 0.717) is 4.57 Å². The zero-order valence-corrected chi connectivity index (χ0v) is 18.1. The van der Waals surface area contributed by atoms with Gasteiger partial charge in [-0.1, -0.05) is 36.4 Å². The molecule has 1 saturated heterocycles. The van der Waals surface area contributed by atoms with E-state index in [1.165, 1.54) is 31.2 Å². The summed E-state index contributed by atoms with van der Waals surface area (Å²) in [5.41, 5.74) is -3.36. The first-order valence-corrected chi connectivity index (χ1v) is 10.4. The molecule has 0 saturated carbocycles. The number of rotatable bonds is 6. The summed E-state index contributed by atoms with van der Waals surface area (Å²) in [5.74, 6) is -1.58. The molecule has 1 aliphatic rings.